The lowest BCUT2D eigenvalue weighted by Gasteiger charge is -2.30. The van der Waals surface area contributed by atoms with Gasteiger partial charge < -0.3 is 14.8 Å². The van der Waals surface area contributed by atoms with Crippen molar-refractivity contribution in [2.24, 2.45) is 0 Å². The fourth-order valence-corrected chi connectivity index (χ4v) is 6.44. The zero-order chi connectivity index (χ0) is 29.3. The maximum Gasteiger partial charge on any atom is 0.276 e. The number of rotatable bonds is 3. The Morgan fingerprint density at radius 3 is 2.59 bits per heavy atom. The normalized spacial score (nSPS) is 15.2. The van der Waals surface area contributed by atoms with Crippen molar-refractivity contribution >= 4 is 39.1 Å². The number of aromatic nitrogens is 3. The highest BCUT2D eigenvalue weighted by atomic mass is 32.1. The van der Waals surface area contributed by atoms with Gasteiger partial charge in [0, 0.05) is 45.0 Å². The minimum absolute atomic E-state index is 0.156. The van der Waals surface area contributed by atoms with Crippen molar-refractivity contribution in [3.8, 4) is 0 Å². The number of carbonyl (C=O) groups is 2. The molecule has 11 heteroatoms. The van der Waals surface area contributed by atoms with E-state index >= 15 is 0 Å². The Bertz CT molecular complexity index is 1650. The number of nitrogens with zero attached hydrogens (tertiary/aromatic N) is 5. The van der Waals surface area contributed by atoms with Crippen LogP contribution in [-0.2, 0) is 6.54 Å². The summed E-state index contributed by atoms with van der Waals surface area (Å²) < 4.78 is 14.7. The molecule has 5 rings (SSSR count). The highest BCUT2D eigenvalue weighted by molar-refractivity contribution is 7.20. The van der Waals surface area contributed by atoms with E-state index in [0.29, 0.717) is 70.3 Å². The van der Waals surface area contributed by atoms with E-state index in [4.69, 9.17) is 0 Å². The van der Waals surface area contributed by atoms with Gasteiger partial charge in [0.05, 0.1) is 16.0 Å². The van der Waals surface area contributed by atoms with Crippen molar-refractivity contribution < 1.29 is 14.0 Å². The SMILES string of the molecule is Cc1nc2sc(C(=O)N3CCN(C(C)C)CCCN(C(=O)c4ccccn4)c4cc(F)ccc4C3)c(C)c2c(=O)[nH]1. The highest BCUT2D eigenvalue weighted by Crippen LogP contribution is 2.31. The van der Waals surface area contributed by atoms with E-state index in [-0.39, 0.29) is 35.7 Å². The Labute approximate surface area is 241 Å². The molecule has 0 saturated heterocycles. The van der Waals surface area contributed by atoms with Crippen LogP contribution in [0.25, 0.3) is 10.2 Å². The first kappa shape index (κ1) is 28.6. The Balaban J connectivity index is 1.59. The van der Waals surface area contributed by atoms with Crippen LogP contribution in [0, 0.1) is 19.7 Å². The van der Waals surface area contributed by atoms with Crippen LogP contribution in [-0.4, -0.2) is 68.8 Å². The molecule has 0 unspecified atom stereocenters. The van der Waals surface area contributed by atoms with Crippen LogP contribution in [0.15, 0.2) is 47.4 Å². The van der Waals surface area contributed by atoms with Gasteiger partial charge in [-0.3, -0.25) is 24.3 Å². The molecule has 0 spiro atoms. The molecule has 0 radical (unpaired) electrons. The Morgan fingerprint density at radius 1 is 1.05 bits per heavy atom. The largest absolute Gasteiger partial charge is 0.332 e. The standard InChI is InChI=1S/C30H33FN6O3S/c1-18(2)35-12-7-13-37(29(39)23-8-5-6-11-32-23)24-16-22(31)10-9-21(24)17-36(15-14-35)30(40)26-19(3)25-27(38)33-20(4)34-28(25)41-26/h5-6,8-11,16,18H,7,12-15,17H2,1-4H3,(H,33,34,38). The van der Waals surface area contributed by atoms with Crippen LogP contribution < -0.4 is 10.5 Å². The van der Waals surface area contributed by atoms with Gasteiger partial charge in [0.2, 0.25) is 0 Å². The van der Waals surface area contributed by atoms with Gasteiger partial charge in [0.25, 0.3) is 17.4 Å². The number of pyridine rings is 1. The molecule has 4 heterocycles. The number of carbonyl (C=O) groups excluding carboxylic acids is 2. The fraction of sp³-hybridized carbons (Fsp3) is 0.367. The molecule has 0 fully saturated rings. The first-order valence-electron chi connectivity index (χ1n) is 13.7. The second kappa shape index (κ2) is 11.9. The summed E-state index contributed by atoms with van der Waals surface area (Å²) in [6.45, 7) is 9.92. The summed E-state index contributed by atoms with van der Waals surface area (Å²) in [5.41, 5.74) is 1.64. The predicted octanol–water partition coefficient (Wildman–Crippen LogP) is 4.54. The predicted molar refractivity (Wildman–Crippen MR) is 158 cm³/mol. The Hall–Kier alpha value is -3.96. The lowest BCUT2D eigenvalue weighted by atomic mass is 10.1. The summed E-state index contributed by atoms with van der Waals surface area (Å²) in [6, 6.07) is 9.68. The first-order chi connectivity index (χ1) is 19.6. The number of halogens is 1. The van der Waals surface area contributed by atoms with E-state index < -0.39 is 5.82 Å². The van der Waals surface area contributed by atoms with Crippen LogP contribution in [0.2, 0.25) is 0 Å². The van der Waals surface area contributed by atoms with E-state index in [2.05, 4.69) is 33.7 Å². The monoisotopic (exact) mass is 576 g/mol. The van der Waals surface area contributed by atoms with Crippen molar-refractivity contribution in [2.45, 2.75) is 46.7 Å². The minimum Gasteiger partial charge on any atom is -0.332 e. The quantitative estimate of drug-likeness (QED) is 0.384. The average molecular weight is 577 g/mol. The lowest BCUT2D eigenvalue weighted by Crippen LogP contribution is -2.41. The molecule has 1 aliphatic heterocycles. The van der Waals surface area contributed by atoms with Crippen LogP contribution >= 0.6 is 11.3 Å². The molecule has 3 aromatic heterocycles. The second-order valence-electron chi connectivity index (χ2n) is 10.5. The topological polar surface area (TPSA) is 102 Å². The van der Waals surface area contributed by atoms with Crippen molar-refractivity contribution in [3.05, 3.63) is 86.3 Å². The molecule has 0 aliphatic carbocycles. The molecule has 214 valence electrons. The summed E-state index contributed by atoms with van der Waals surface area (Å²) >= 11 is 1.20. The Morgan fingerprint density at radius 2 is 1.85 bits per heavy atom. The molecule has 0 bridgehead atoms. The Kier molecular flexibility index (Phi) is 8.27. The number of amides is 2. The number of aromatic amines is 1. The van der Waals surface area contributed by atoms with Gasteiger partial charge in [-0.25, -0.2) is 9.37 Å². The second-order valence-corrected chi connectivity index (χ2v) is 11.5. The number of H-pyrrole nitrogens is 1. The summed E-state index contributed by atoms with van der Waals surface area (Å²) in [7, 11) is 0. The van der Waals surface area contributed by atoms with Crippen LogP contribution in [0.4, 0.5) is 10.1 Å². The van der Waals surface area contributed by atoms with Crippen molar-refractivity contribution in [3.63, 3.8) is 0 Å². The molecule has 1 N–H and O–H groups in total. The first-order valence-corrected chi connectivity index (χ1v) is 14.5. The number of fused-ring (bicyclic) bond motifs is 2. The average Bonchev–Trinajstić information content (AvgIpc) is 3.26. The molecule has 1 aromatic carbocycles. The zero-order valence-corrected chi connectivity index (χ0v) is 24.4. The number of benzene rings is 1. The minimum atomic E-state index is -0.472. The molecular formula is C30H33FN6O3S. The van der Waals surface area contributed by atoms with Crippen molar-refractivity contribution in [1.29, 1.82) is 0 Å². The van der Waals surface area contributed by atoms with Crippen LogP contribution in [0.1, 0.15) is 57.4 Å². The number of thiophene rings is 1. The molecule has 0 atom stereocenters. The van der Waals surface area contributed by atoms with Gasteiger partial charge in [0.15, 0.2) is 0 Å². The van der Waals surface area contributed by atoms with Gasteiger partial charge in [-0.1, -0.05) is 12.1 Å². The summed E-state index contributed by atoms with van der Waals surface area (Å²) in [5, 5.41) is 0.417. The molecule has 1 aliphatic rings. The van der Waals surface area contributed by atoms with Crippen LogP contribution in [0.3, 0.4) is 0 Å². The number of anilines is 1. The molecular weight excluding hydrogens is 543 g/mol. The summed E-state index contributed by atoms with van der Waals surface area (Å²) in [4.78, 5) is 58.5. The number of nitrogens with one attached hydrogen (secondary N) is 1. The van der Waals surface area contributed by atoms with Crippen molar-refractivity contribution in [1.82, 2.24) is 24.8 Å². The summed E-state index contributed by atoms with van der Waals surface area (Å²) in [6.07, 6.45) is 2.21. The molecule has 4 aromatic rings. The fourth-order valence-electron chi connectivity index (χ4n) is 5.25. The van der Waals surface area contributed by atoms with E-state index in [1.165, 1.54) is 23.5 Å². The molecule has 41 heavy (non-hydrogen) atoms. The van der Waals surface area contributed by atoms with Gasteiger partial charge >= 0.3 is 0 Å². The maximum absolute atomic E-state index is 14.7. The highest BCUT2D eigenvalue weighted by Gasteiger charge is 2.28. The summed E-state index contributed by atoms with van der Waals surface area (Å²) in [5.74, 6) is -0.547. The van der Waals surface area contributed by atoms with E-state index in [9.17, 15) is 18.8 Å². The third-order valence-electron chi connectivity index (χ3n) is 7.44. The molecule has 0 saturated carbocycles. The van der Waals surface area contributed by atoms with E-state index in [1.54, 1.807) is 54.1 Å². The lowest BCUT2D eigenvalue weighted by molar-refractivity contribution is 0.0716. The number of hydrogen-bond acceptors (Lipinski definition) is 7. The maximum atomic E-state index is 14.7. The zero-order valence-electron chi connectivity index (χ0n) is 23.6. The third kappa shape index (κ3) is 5.91. The number of hydrogen-bond donors (Lipinski definition) is 1. The van der Waals surface area contributed by atoms with Gasteiger partial charge in [-0.2, -0.15) is 0 Å². The van der Waals surface area contributed by atoms with Gasteiger partial charge in [0.1, 0.15) is 22.2 Å². The van der Waals surface area contributed by atoms with Gasteiger partial charge in [-0.15, -0.1) is 11.3 Å². The van der Waals surface area contributed by atoms with E-state index in [1.807, 2.05) is 0 Å². The molecule has 2 amide bonds. The smallest absolute Gasteiger partial charge is 0.276 e. The van der Waals surface area contributed by atoms with E-state index in [0.717, 1.165) is 0 Å². The third-order valence-corrected chi connectivity index (χ3v) is 8.62. The van der Waals surface area contributed by atoms with Crippen LogP contribution in [0.5, 0.6) is 0 Å². The van der Waals surface area contributed by atoms with Gasteiger partial charge in [-0.05, 0) is 69.5 Å². The van der Waals surface area contributed by atoms with Crippen molar-refractivity contribution in [2.75, 3.05) is 31.1 Å². The molecule has 9 nitrogen and oxygen atoms in total. The number of aryl methyl sites for hydroxylation is 2.